The third-order valence-corrected chi connectivity index (χ3v) is 3.99. The van der Waals surface area contributed by atoms with Crippen LogP contribution in [0, 0.1) is 17.0 Å². The Kier molecular flexibility index (Phi) is 5.96. The van der Waals surface area contributed by atoms with Crippen LogP contribution in [0.25, 0.3) is 0 Å². The lowest BCUT2D eigenvalue weighted by Gasteiger charge is -2.20. The molecule has 0 radical (unpaired) electrons. The van der Waals surface area contributed by atoms with Gasteiger partial charge in [0.1, 0.15) is 6.54 Å². The van der Waals surface area contributed by atoms with Gasteiger partial charge >= 0.3 is 0 Å². The van der Waals surface area contributed by atoms with E-state index in [2.05, 4.69) is 16.9 Å². The van der Waals surface area contributed by atoms with Crippen LogP contribution >= 0.6 is 11.3 Å². The number of nitrogens with one attached hydrogen (secondary N) is 1. The van der Waals surface area contributed by atoms with Crippen molar-refractivity contribution in [3.8, 4) is 0 Å². The van der Waals surface area contributed by atoms with Crippen LogP contribution in [0.15, 0.2) is 43.1 Å². The molecule has 130 valence electrons. The van der Waals surface area contributed by atoms with E-state index in [-0.39, 0.29) is 30.2 Å². The zero-order valence-corrected chi connectivity index (χ0v) is 14.3. The monoisotopic (exact) mass is 360 g/mol. The third kappa shape index (κ3) is 4.95. The highest BCUT2D eigenvalue weighted by atomic mass is 32.1. The van der Waals surface area contributed by atoms with Crippen molar-refractivity contribution in [3.05, 3.63) is 63.7 Å². The van der Waals surface area contributed by atoms with Gasteiger partial charge in [-0.1, -0.05) is 6.08 Å². The zero-order valence-electron chi connectivity index (χ0n) is 13.5. The van der Waals surface area contributed by atoms with E-state index in [4.69, 9.17) is 0 Å². The predicted molar refractivity (Wildman–Crippen MR) is 94.7 cm³/mol. The largest absolute Gasteiger partial charge is 0.326 e. The summed E-state index contributed by atoms with van der Waals surface area (Å²) in [7, 11) is 0. The molecule has 0 unspecified atom stereocenters. The summed E-state index contributed by atoms with van der Waals surface area (Å²) in [4.78, 5) is 41.1. The number of anilines is 1. The number of aromatic nitrogens is 1. The van der Waals surface area contributed by atoms with Gasteiger partial charge in [-0.2, -0.15) is 0 Å². The average Bonchev–Trinajstić information content (AvgIpc) is 2.98. The van der Waals surface area contributed by atoms with Crippen molar-refractivity contribution < 1.29 is 14.5 Å². The van der Waals surface area contributed by atoms with E-state index in [1.165, 1.54) is 46.6 Å². The summed E-state index contributed by atoms with van der Waals surface area (Å²) < 4.78 is 0. The van der Waals surface area contributed by atoms with Crippen LogP contribution in [-0.4, -0.2) is 39.7 Å². The number of aryl methyl sites for hydroxylation is 1. The van der Waals surface area contributed by atoms with Crippen molar-refractivity contribution in [1.29, 1.82) is 0 Å². The summed E-state index contributed by atoms with van der Waals surface area (Å²) in [5, 5.41) is 13.8. The van der Waals surface area contributed by atoms with Crippen LogP contribution < -0.4 is 5.32 Å². The Hall–Kier alpha value is -3.07. The standard InChI is InChI=1S/C16H16N4O4S/c1-3-8-19(10-14(21)18-16-17-9-11(2)25-16)15(22)12-4-6-13(7-5-12)20(23)24/h3-7,9H,1,8,10H2,2H3,(H,17,18,21). The summed E-state index contributed by atoms with van der Waals surface area (Å²) in [5.74, 6) is -0.799. The molecule has 2 rings (SSSR count). The van der Waals surface area contributed by atoms with Gasteiger partial charge in [0.25, 0.3) is 11.6 Å². The molecule has 0 aliphatic carbocycles. The molecule has 1 heterocycles. The molecule has 2 aromatic rings. The minimum absolute atomic E-state index is 0.108. The number of nitro benzene ring substituents is 1. The highest BCUT2D eigenvalue weighted by Crippen LogP contribution is 2.17. The van der Waals surface area contributed by atoms with E-state index in [0.29, 0.717) is 5.13 Å². The Labute approximate surface area is 147 Å². The first-order valence-electron chi connectivity index (χ1n) is 7.27. The van der Waals surface area contributed by atoms with Gasteiger partial charge in [-0.25, -0.2) is 4.98 Å². The van der Waals surface area contributed by atoms with Crippen LogP contribution in [0.1, 0.15) is 15.2 Å². The fraction of sp³-hybridized carbons (Fsp3) is 0.188. The number of non-ortho nitro benzene ring substituents is 1. The molecule has 1 aromatic heterocycles. The number of nitrogens with zero attached hydrogens (tertiary/aromatic N) is 3. The molecular formula is C16H16N4O4S. The predicted octanol–water partition coefficient (Wildman–Crippen LogP) is 2.63. The molecule has 0 atom stereocenters. The molecule has 0 saturated heterocycles. The molecule has 1 aromatic carbocycles. The molecule has 0 spiro atoms. The van der Waals surface area contributed by atoms with Crippen molar-refractivity contribution >= 4 is 34.0 Å². The molecule has 9 heteroatoms. The summed E-state index contributed by atoms with van der Waals surface area (Å²) in [6, 6.07) is 5.22. The van der Waals surface area contributed by atoms with E-state index in [1.807, 2.05) is 6.92 Å². The second-order valence-electron chi connectivity index (χ2n) is 5.10. The number of rotatable bonds is 7. The maximum atomic E-state index is 12.5. The van der Waals surface area contributed by atoms with Crippen LogP contribution in [0.2, 0.25) is 0 Å². The molecule has 0 bridgehead atoms. The quantitative estimate of drug-likeness (QED) is 0.464. The number of thiazole rings is 1. The van der Waals surface area contributed by atoms with Gasteiger partial charge in [-0.3, -0.25) is 19.7 Å². The van der Waals surface area contributed by atoms with Crippen molar-refractivity contribution in [2.45, 2.75) is 6.92 Å². The fourth-order valence-corrected chi connectivity index (χ4v) is 2.71. The fourth-order valence-electron chi connectivity index (χ4n) is 2.03. The van der Waals surface area contributed by atoms with Crippen LogP contribution in [0.5, 0.6) is 0 Å². The number of hydrogen-bond acceptors (Lipinski definition) is 6. The Morgan fingerprint density at radius 2 is 2.08 bits per heavy atom. The second kappa shape index (κ2) is 8.15. The first-order valence-corrected chi connectivity index (χ1v) is 8.09. The summed E-state index contributed by atoms with van der Waals surface area (Å²) in [6.07, 6.45) is 3.15. The second-order valence-corrected chi connectivity index (χ2v) is 6.34. The molecule has 8 nitrogen and oxygen atoms in total. The van der Waals surface area contributed by atoms with E-state index in [1.54, 1.807) is 6.20 Å². The van der Waals surface area contributed by atoms with Crippen molar-refractivity contribution in [1.82, 2.24) is 9.88 Å². The minimum atomic E-state index is -0.542. The van der Waals surface area contributed by atoms with E-state index < -0.39 is 10.8 Å². The molecule has 2 amide bonds. The molecule has 0 saturated carbocycles. The highest BCUT2D eigenvalue weighted by Gasteiger charge is 2.19. The minimum Gasteiger partial charge on any atom is -0.326 e. The lowest BCUT2D eigenvalue weighted by Crippen LogP contribution is -2.38. The van der Waals surface area contributed by atoms with Crippen molar-refractivity contribution in [3.63, 3.8) is 0 Å². The van der Waals surface area contributed by atoms with E-state index in [9.17, 15) is 19.7 Å². The molecule has 0 aliphatic rings. The average molecular weight is 360 g/mol. The summed E-state index contributed by atoms with van der Waals surface area (Å²) in [5.41, 5.74) is 0.147. The third-order valence-electron chi connectivity index (χ3n) is 3.16. The molecule has 0 aliphatic heterocycles. The number of amides is 2. The topological polar surface area (TPSA) is 105 Å². The number of carbonyl (C=O) groups excluding carboxylic acids is 2. The molecule has 1 N–H and O–H groups in total. The highest BCUT2D eigenvalue weighted by molar-refractivity contribution is 7.15. The Morgan fingerprint density at radius 3 is 2.60 bits per heavy atom. The Balaban J connectivity index is 2.07. The lowest BCUT2D eigenvalue weighted by molar-refractivity contribution is -0.384. The van der Waals surface area contributed by atoms with Crippen LogP contribution in [0.4, 0.5) is 10.8 Å². The van der Waals surface area contributed by atoms with Gasteiger partial charge in [0.2, 0.25) is 5.91 Å². The Bertz CT molecular complexity index is 801. The van der Waals surface area contributed by atoms with Crippen molar-refractivity contribution in [2.24, 2.45) is 0 Å². The van der Waals surface area contributed by atoms with Gasteiger partial charge in [0, 0.05) is 35.3 Å². The van der Waals surface area contributed by atoms with Crippen LogP contribution in [-0.2, 0) is 4.79 Å². The number of nitro groups is 1. The first-order chi connectivity index (χ1) is 11.9. The van der Waals surface area contributed by atoms with Crippen LogP contribution in [0.3, 0.4) is 0 Å². The first kappa shape index (κ1) is 18.3. The maximum Gasteiger partial charge on any atom is 0.269 e. The number of carbonyl (C=O) groups is 2. The normalized spacial score (nSPS) is 10.1. The van der Waals surface area contributed by atoms with Gasteiger partial charge < -0.3 is 10.2 Å². The molecule has 0 fully saturated rings. The van der Waals surface area contributed by atoms with Gasteiger partial charge in [-0.05, 0) is 19.1 Å². The zero-order chi connectivity index (χ0) is 18.4. The smallest absolute Gasteiger partial charge is 0.269 e. The number of hydrogen-bond donors (Lipinski definition) is 1. The maximum absolute atomic E-state index is 12.5. The number of benzene rings is 1. The summed E-state index contributed by atoms with van der Waals surface area (Å²) >= 11 is 1.34. The van der Waals surface area contributed by atoms with E-state index in [0.717, 1.165) is 4.88 Å². The molecule has 25 heavy (non-hydrogen) atoms. The SMILES string of the molecule is C=CCN(CC(=O)Nc1ncc(C)s1)C(=O)c1ccc([N+](=O)[O-])cc1. The van der Waals surface area contributed by atoms with Gasteiger partial charge in [0.05, 0.1) is 4.92 Å². The van der Waals surface area contributed by atoms with Crippen molar-refractivity contribution in [2.75, 3.05) is 18.4 Å². The summed E-state index contributed by atoms with van der Waals surface area (Å²) in [6.45, 7) is 5.44. The molecular weight excluding hydrogens is 344 g/mol. The Morgan fingerprint density at radius 1 is 1.40 bits per heavy atom. The lowest BCUT2D eigenvalue weighted by atomic mass is 10.2. The van der Waals surface area contributed by atoms with Gasteiger partial charge in [-0.15, -0.1) is 17.9 Å². The van der Waals surface area contributed by atoms with E-state index >= 15 is 0 Å². The van der Waals surface area contributed by atoms with Gasteiger partial charge in [0.15, 0.2) is 5.13 Å².